The molecule has 2 aromatic heterocycles. The Hall–Kier alpha value is -3.78. The molecule has 2 aromatic carbocycles. The molecule has 0 atom stereocenters. The molecular formula is C23H20N4O3S. The third-order valence-corrected chi connectivity index (χ3v) is 5.52. The van der Waals surface area contributed by atoms with E-state index in [4.69, 9.17) is 4.74 Å². The number of ether oxygens (including phenoxy) is 1. The number of nitrogens with zero attached hydrogens (tertiary/aromatic N) is 3. The first-order valence-electron chi connectivity index (χ1n) is 9.59. The Labute approximate surface area is 183 Å². The molecule has 156 valence electrons. The maximum atomic E-state index is 12.9. The van der Waals surface area contributed by atoms with Crippen molar-refractivity contribution >= 4 is 17.2 Å². The molecule has 0 unspecified atom stereocenters. The van der Waals surface area contributed by atoms with Crippen LogP contribution in [0.5, 0.6) is 5.75 Å². The van der Waals surface area contributed by atoms with Crippen LogP contribution < -0.4 is 15.6 Å². The quantitative estimate of drug-likeness (QED) is 0.484. The molecule has 0 bridgehead atoms. The number of hydrogen-bond donors (Lipinski definition) is 1. The van der Waals surface area contributed by atoms with E-state index in [1.165, 1.54) is 28.4 Å². The summed E-state index contributed by atoms with van der Waals surface area (Å²) in [7, 11) is 1.59. The Kier molecular flexibility index (Phi) is 6.18. The maximum Gasteiger partial charge on any atom is 0.264 e. The molecule has 4 aromatic rings. The van der Waals surface area contributed by atoms with Crippen LogP contribution in [0.1, 0.15) is 5.56 Å². The van der Waals surface area contributed by atoms with Gasteiger partial charge in [-0.3, -0.25) is 14.2 Å². The number of carbonyl (C=O) groups excluding carboxylic acids is 1. The normalized spacial score (nSPS) is 10.6. The number of benzene rings is 2. The van der Waals surface area contributed by atoms with Gasteiger partial charge in [-0.15, -0.1) is 11.3 Å². The highest BCUT2D eigenvalue weighted by Gasteiger charge is 2.13. The van der Waals surface area contributed by atoms with Gasteiger partial charge >= 0.3 is 0 Å². The second-order valence-corrected chi connectivity index (χ2v) is 7.63. The van der Waals surface area contributed by atoms with E-state index >= 15 is 0 Å². The second kappa shape index (κ2) is 9.36. The third kappa shape index (κ3) is 4.87. The minimum atomic E-state index is -0.305. The standard InChI is InChI=1S/C23H20N4O3S/c1-30-18-9-5-6-16(10-18)11-25-21(28)13-27-15-24-12-19(23(27)29)22-26-20(14-31-22)17-7-3-2-4-8-17/h2-10,12,14-15H,11,13H2,1H3,(H,25,28). The van der Waals surface area contributed by atoms with Gasteiger partial charge in [0.15, 0.2) is 0 Å². The van der Waals surface area contributed by atoms with Crippen molar-refractivity contribution in [3.63, 3.8) is 0 Å². The van der Waals surface area contributed by atoms with Gasteiger partial charge in [-0.1, -0.05) is 42.5 Å². The smallest absolute Gasteiger partial charge is 0.264 e. The van der Waals surface area contributed by atoms with E-state index in [1.54, 1.807) is 7.11 Å². The molecule has 7 nitrogen and oxygen atoms in total. The van der Waals surface area contributed by atoms with Gasteiger partial charge in [0, 0.05) is 23.7 Å². The van der Waals surface area contributed by atoms with Crippen molar-refractivity contribution < 1.29 is 9.53 Å². The lowest BCUT2D eigenvalue weighted by Crippen LogP contribution is -2.32. The van der Waals surface area contributed by atoms with Crippen LogP contribution >= 0.6 is 11.3 Å². The Bertz CT molecular complexity index is 1250. The van der Waals surface area contributed by atoms with E-state index in [0.29, 0.717) is 17.1 Å². The molecule has 2 heterocycles. The summed E-state index contributed by atoms with van der Waals surface area (Å²) in [4.78, 5) is 34.0. The first-order chi connectivity index (χ1) is 15.1. The lowest BCUT2D eigenvalue weighted by atomic mass is 10.2. The molecular weight excluding hydrogens is 412 g/mol. The number of rotatable bonds is 7. The number of aromatic nitrogens is 3. The molecule has 0 aliphatic rings. The van der Waals surface area contributed by atoms with Gasteiger partial charge < -0.3 is 10.1 Å². The second-order valence-electron chi connectivity index (χ2n) is 6.77. The average Bonchev–Trinajstić information content (AvgIpc) is 3.30. The van der Waals surface area contributed by atoms with Gasteiger partial charge in [0.2, 0.25) is 5.91 Å². The van der Waals surface area contributed by atoms with E-state index in [1.807, 2.05) is 60.0 Å². The van der Waals surface area contributed by atoms with Crippen molar-refractivity contribution in [2.24, 2.45) is 0 Å². The number of methoxy groups -OCH3 is 1. The fourth-order valence-electron chi connectivity index (χ4n) is 3.04. The summed E-state index contributed by atoms with van der Waals surface area (Å²) in [6.07, 6.45) is 2.85. The number of thiazole rings is 1. The van der Waals surface area contributed by atoms with Gasteiger partial charge in [0.25, 0.3) is 5.56 Å². The van der Waals surface area contributed by atoms with Gasteiger partial charge in [-0.2, -0.15) is 0 Å². The number of nitrogens with one attached hydrogen (secondary N) is 1. The first-order valence-corrected chi connectivity index (χ1v) is 10.5. The fourth-order valence-corrected chi connectivity index (χ4v) is 3.87. The topological polar surface area (TPSA) is 86.1 Å². The van der Waals surface area contributed by atoms with Crippen molar-refractivity contribution in [1.82, 2.24) is 19.9 Å². The average molecular weight is 433 g/mol. The highest BCUT2D eigenvalue weighted by Crippen LogP contribution is 2.26. The number of carbonyl (C=O) groups is 1. The predicted octanol–water partition coefficient (Wildman–Crippen LogP) is 3.36. The van der Waals surface area contributed by atoms with Crippen LogP contribution in [0.15, 0.2) is 77.3 Å². The maximum absolute atomic E-state index is 12.9. The zero-order valence-electron chi connectivity index (χ0n) is 16.8. The summed E-state index contributed by atoms with van der Waals surface area (Å²) < 4.78 is 6.48. The van der Waals surface area contributed by atoms with Crippen LogP contribution in [-0.2, 0) is 17.9 Å². The molecule has 1 N–H and O–H groups in total. The van der Waals surface area contributed by atoms with Crippen molar-refractivity contribution in [1.29, 1.82) is 0 Å². The molecule has 0 radical (unpaired) electrons. The van der Waals surface area contributed by atoms with Crippen LogP contribution in [0, 0.1) is 0 Å². The molecule has 0 aliphatic carbocycles. The summed E-state index contributed by atoms with van der Waals surface area (Å²) in [5.41, 5.74) is 2.75. The Morgan fingerprint density at radius 1 is 1.16 bits per heavy atom. The molecule has 0 fully saturated rings. The predicted molar refractivity (Wildman–Crippen MR) is 120 cm³/mol. The van der Waals surface area contributed by atoms with Crippen molar-refractivity contribution in [3.05, 3.63) is 88.4 Å². The van der Waals surface area contributed by atoms with E-state index in [0.717, 1.165) is 22.6 Å². The molecule has 0 saturated carbocycles. The summed E-state index contributed by atoms with van der Waals surface area (Å²) in [5.74, 6) is 0.436. The van der Waals surface area contributed by atoms with Gasteiger partial charge in [0.1, 0.15) is 17.3 Å². The van der Waals surface area contributed by atoms with Crippen molar-refractivity contribution in [2.45, 2.75) is 13.1 Å². The monoisotopic (exact) mass is 432 g/mol. The van der Waals surface area contributed by atoms with Crippen LogP contribution in [0.4, 0.5) is 0 Å². The first kappa shape index (κ1) is 20.5. The van der Waals surface area contributed by atoms with Gasteiger partial charge in [0.05, 0.1) is 24.7 Å². The summed E-state index contributed by atoms with van der Waals surface area (Å²) in [6.45, 7) is 0.214. The third-order valence-electron chi connectivity index (χ3n) is 4.64. The Morgan fingerprint density at radius 2 is 2.00 bits per heavy atom. The zero-order valence-corrected chi connectivity index (χ0v) is 17.6. The van der Waals surface area contributed by atoms with Crippen LogP contribution in [0.3, 0.4) is 0 Å². The molecule has 0 saturated heterocycles. The minimum absolute atomic E-state index is 0.124. The summed E-state index contributed by atoms with van der Waals surface area (Å²) in [6, 6.07) is 17.2. The van der Waals surface area contributed by atoms with Crippen LogP contribution in [0.25, 0.3) is 21.8 Å². The summed E-state index contributed by atoms with van der Waals surface area (Å²) >= 11 is 1.37. The van der Waals surface area contributed by atoms with Crippen molar-refractivity contribution in [2.75, 3.05) is 7.11 Å². The molecule has 0 spiro atoms. The summed E-state index contributed by atoms with van der Waals surface area (Å²) in [5, 5.41) is 5.29. The van der Waals surface area contributed by atoms with Gasteiger partial charge in [-0.25, -0.2) is 9.97 Å². The van der Waals surface area contributed by atoms with Crippen LogP contribution in [0.2, 0.25) is 0 Å². The number of hydrogen-bond acceptors (Lipinski definition) is 6. The van der Waals surface area contributed by atoms with Crippen LogP contribution in [-0.4, -0.2) is 27.6 Å². The molecule has 4 rings (SSSR count). The Morgan fingerprint density at radius 3 is 2.81 bits per heavy atom. The SMILES string of the molecule is COc1cccc(CNC(=O)Cn2cncc(-c3nc(-c4ccccc4)cs3)c2=O)c1. The number of amides is 1. The highest BCUT2D eigenvalue weighted by atomic mass is 32.1. The van der Waals surface area contributed by atoms with E-state index < -0.39 is 0 Å². The highest BCUT2D eigenvalue weighted by molar-refractivity contribution is 7.13. The zero-order chi connectivity index (χ0) is 21.6. The molecule has 31 heavy (non-hydrogen) atoms. The molecule has 0 aliphatic heterocycles. The van der Waals surface area contributed by atoms with Crippen molar-refractivity contribution in [3.8, 4) is 27.6 Å². The largest absolute Gasteiger partial charge is 0.497 e. The Balaban J connectivity index is 1.47. The van der Waals surface area contributed by atoms with E-state index in [-0.39, 0.29) is 18.0 Å². The molecule has 8 heteroatoms. The lowest BCUT2D eigenvalue weighted by molar-refractivity contribution is -0.121. The minimum Gasteiger partial charge on any atom is -0.497 e. The van der Waals surface area contributed by atoms with Gasteiger partial charge in [-0.05, 0) is 17.7 Å². The fraction of sp³-hybridized carbons (Fsp3) is 0.130. The lowest BCUT2D eigenvalue weighted by Gasteiger charge is -2.09. The van der Waals surface area contributed by atoms with E-state index in [9.17, 15) is 9.59 Å². The molecule has 1 amide bonds. The van der Waals surface area contributed by atoms with E-state index in [2.05, 4.69) is 15.3 Å².